The number of carbonyl (C=O) groups excluding carboxylic acids is 1. The molecule has 1 fully saturated rings. The monoisotopic (exact) mass is 171 g/mol. The SMILES string of the molecule is CNCC1C(=O)NCC(C)N1C. The van der Waals surface area contributed by atoms with E-state index in [0.29, 0.717) is 12.6 Å². The molecule has 1 aliphatic heterocycles. The maximum absolute atomic E-state index is 11.3. The molecule has 0 bridgehead atoms. The van der Waals surface area contributed by atoms with Crippen LogP contribution >= 0.6 is 0 Å². The fourth-order valence-corrected chi connectivity index (χ4v) is 1.43. The number of likely N-dealkylation sites (N-methyl/N-ethyl adjacent to an activating group) is 2. The molecule has 0 aromatic rings. The average molecular weight is 171 g/mol. The summed E-state index contributed by atoms with van der Waals surface area (Å²) < 4.78 is 0. The van der Waals surface area contributed by atoms with E-state index in [-0.39, 0.29) is 11.9 Å². The first kappa shape index (κ1) is 9.48. The van der Waals surface area contributed by atoms with Crippen LogP contribution in [0.2, 0.25) is 0 Å². The van der Waals surface area contributed by atoms with Gasteiger partial charge in [-0.05, 0) is 21.0 Å². The van der Waals surface area contributed by atoms with Gasteiger partial charge >= 0.3 is 0 Å². The van der Waals surface area contributed by atoms with Crippen molar-refractivity contribution in [1.29, 1.82) is 0 Å². The second-order valence-corrected chi connectivity index (χ2v) is 3.33. The minimum absolute atomic E-state index is 0.0150. The Bertz CT molecular complexity index is 172. The van der Waals surface area contributed by atoms with E-state index in [9.17, 15) is 4.79 Å². The number of rotatable bonds is 2. The van der Waals surface area contributed by atoms with Gasteiger partial charge in [-0.3, -0.25) is 9.69 Å². The predicted octanol–water partition coefficient (Wildman–Crippen LogP) is -0.975. The molecule has 0 aliphatic carbocycles. The largest absolute Gasteiger partial charge is 0.353 e. The molecule has 1 saturated heterocycles. The minimum Gasteiger partial charge on any atom is -0.353 e. The van der Waals surface area contributed by atoms with Crippen LogP contribution in [0.3, 0.4) is 0 Å². The van der Waals surface area contributed by atoms with Crippen molar-refractivity contribution in [3.05, 3.63) is 0 Å². The molecule has 1 heterocycles. The Kier molecular flexibility index (Phi) is 3.05. The summed E-state index contributed by atoms with van der Waals surface area (Å²) >= 11 is 0. The molecule has 70 valence electrons. The van der Waals surface area contributed by atoms with E-state index in [2.05, 4.69) is 22.5 Å². The highest BCUT2D eigenvalue weighted by molar-refractivity contribution is 5.82. The van der Waals surface area contributed by atoms with Gasteiger partial charge in [0.15, 0.2) is 0 Å². The number of hydrogen-bond acceptors (Lipinski definition) is 3. The lowest BCUT2D eigenvalue weighted by Gasteiger charge is -2.37. The Hall–Kier alpha value is -0.610. The summed E-state index contributed by atoms with van der Waals surface area (Å²) in [7, 11) is 3.85. The molecule has 4 heteroatoms. The fourth-order valence-electron chi connectivity index (χ4n) is 1.43. The summed E-state index contributed by atoms with van der Waals surface area (Å²) in [6, 6.07) is 0.416. The van der Waals surface area contributed by atoms with Crippen LogP contribution in [0, 0.1) is 0 Å². The van der Waals surface area contributed by atoms with Crippen molar-refractivity contribution in [1.82, 2.24) is 15.5 Å². The molecule has 0 aromatic heterocycles. The number of nitrogens with one attached hydrogen (secondary N) is 2. The lowest BCUT2D eigenvalue weighted by Crippen LogP contribution is -2.60. The lowest BCUT2D eigenvalue weighted by atomic mass is 10.1. The van der Waals surface area contributed by atoms with E-state index in [1.54, 1.807) is 0 Å². The van der Waals surface area contributed by atoms with Gasteiger partial charge in [-0.15, -0.1) is 0 Å². The van der Waals surface area contributed by atoms with Gasteiger partial charge in [0.2, 0.25) is 5.91 Å². The number of nitrogens with zero attached hydrogens (tertiary/aromatic N) is 1. The van der Waals surface area contributed by atoms with Crippen LogP contribution in [-0.2, 0) is 4.79 Å². The van der Waals surface area contributed by atoms with Crippen LogP contribution in [0.5, 0.6) is 0 Å². The van der Waals surface area contributed by atoms with Crippen LogP contribution in [0.25, 0.3) is 0 Å². The third-order valence-corrected chi connectivity index (χ3v) is 2.46. The first-order valence-corrected chi connectivity index (χ1v) is 4.31. The highest BCUT2D eigenvalue weighted by Crippen LogP contribution is 2.06. The van der Waals surface area contributed by atoms with Crippen molar-refractivity contribution in [2.24, 2.45) is 0 Å². The van der Waals surface area contributed by atoms with E-state index in [4.69, 9.17) is 0 Å². The van der Waals surface area contributed by atoms with Crippen molar-refractivity contribution in [2.45, 2.75) is 19.0 Å². The molecule has 0 saturated carbocycles. The standard InChI is InChI=1S/C8H17N3O/c1-6-4-10-8(12)7(5-9-2)11(6)3/h6-7,9H,4-5H2,1-3H3,(H,10,12). The topological polar surface area (TPSA) is 44.4 Å². The van der Waals surface area contributed by atoms with Gasteiger partial charge in [0.05, 0.1) is 0 Å². The van der Waals surface area contributed by atoms with Gasteiger partial charge in [0.1, 0.15) is 6.04 Å². The third-order valence-electron chi connectivity index (χ3n) is 2.46. The zero-order chi connectivity index (χ0) is 9.14. The number of piperazine rings is 1. The van der Waals surface area contributed by atoms with Crippen molar-refractivity contribution in [2.75, 3.05) is 27.2 Å². The Morgan fingerprint density at radius 1 is 1.75 bits per heavy atom. The molecule has 1 amide bonds. The summed E-state index contributed by atoms with van der Waals surface area (Å²) in [4.78, 5) is 13.5. The van der Waals surface area contributed by atoms with Gasteiger partial charge in [-0.25, -0.2) is 0 Å². The zero-order valence-electron chi connectivity index (χ0n) is 7.92. The Labute approximate surface area is 73.3 Å². The third kappa shape index (κ3) is 1.76. The first-order chi connectivity index (χ1) is 5.66. The van der Waals surface area contributed by atoms with Gasteiger partial charge in [-0.2, -0.15) is 0 Å². The van der Waals surface area contributed by atoms with Crippen molar-refractivity contribution < 1.29 is 4.79 Å². The zero-order valence-corrected chi connectivity index (χ0v) is 7.92. The van der Waals surface area contributed by atoms with Crippen molar-refractivity contribution >= 4 is 5.91 Å². The van der Waals surface area contributed by atoms with E-state index >= 15 is 0 Å². The van der Waals surface area contributed by atoms with Crippen LogP contribution in [-0.4, -0.2) is 50.1 Å². The molecule has 1 rings (SSSR count). The quantitative estimate of drug-likeness (QED) is 0.561. The normalized spacial score (nSPS) is 31.8. The average Bonchev–Trinajstić information content (AvgIpc) is 2.06. The molecule has 0 spiro atoms. The molecular formula is C8H17N3O. The number of carbonyl (C=O) groups is 1. The highest BCUT2D eigenvalue weighted by Gasteiger charge is 2.30. The Morgan fingerprint density at radius 2 is 2.42 bits per heavy atom. The number of hydrogen-bond donors (Lipinski definition) is 2. The molecule has 0 radical (unpaired) electrons. The van der Waals surface area contributed by atoms with Crippen LogP contribution < -0.4 is 10.6 Å². The van der Waals surface area contributed by atoms with Crippen LogP contribution in [0.1, 0.15) is 6.92 Å². The maximum Gasteiger partial charge on any atom is 0.238 e. The molecule has 2 atom stereocenters. The second kappa shape index (κ2) is 3.87. The lowest BCUT2D eigenvalue weighted by molar-refractivity contribution is -0.129. The second-order valence-electron chi connectivity index (χ2n) is 3.33. The van der Waals surface area contributed by atoms with E-state index in [1.165, 1.54) is 0 Å². The first-order valence-electron chi connectivity index (χ1n) is 4.31. The maximum atomic E-state index is 11.3. The summed E-state index contributed by atoms with van der Waals surface area (Å²) in [6.07, 6.45) is 0. The highest BCUT2D eigenvalue weighted by atomic mass is 16.2. The molecule has 2 N–H and O–H groups in total. The molecule has 1 aliphatic rings. The Morgan fingerprint density at radius 3 is 3.00 bits per heavy atom. The van der Waals surface area contributed by atoms with Crippen molar-refractivity contribution in [3.63, 3.8) is 0 Å². The van der Waals surface area contributed by atoms with Gasteiger partial charge in [0, 0.05) is 19.1 Å². The summed E-state index contributed by atoms with van der Waals surface area (Å²) in [6.45, 7) is 3.59. The number of amides is 1. The minimum atomic E-state index is -0.0150. The fraction of sp³-hybridized carbons (Fsp3) is 0.875. The summed E-state index contributed by atoms with van der Waals surface area (Å²) in [5.41, 5.74) is 0. The van der Waals surface area contributed by atoms with Gasteiger partial charge < -0.3 is 10.6 Å². The van der Waals surface area contributed by atoms with E-state index in [1.807, 2.05) is 14.1 Å². The molecule has 4 nitrogen and oxygen atoms in total. The Balaban J connectivity index is 2.58. The van der Waals surface area contributed by atoms with E-state index < -0.39 is 0 Å². The summed E-state index contributed by atoms with van der Waals surface area (Å²) in [5.74, 6) is 0.130. The molecule has 12 heavy (non-hydrogen) atoms. The van der Waals surface area contributed by atoms with Gasteiger partial charge in [0.25, 0.3) is 0 Å². The smallest absolute Gasteiger partial charge is 0.238 e. The van der Waals surface area contributed by atoms with Crippen molar-refractivity contribution in [3.8, 4) is 0 Å². The predicted molar refractivity (Wildman–Crippen MR) is 47.9 cm³/mol. The molecule has 0 aromatic carbocycles. The molecule has 2 unspecified atom stereocenters. The van der Waals surface area contributed by atoms with Crippen LogP contribution in [0.4, 0.5) is 0 Å². The van der Waals surface area contributed by atoms with Gasteiger partial charge in [-0.1, -0.05) is 0 Å². The van der Waals surface area contributed by atoms with Crippen LogP contribution in [0.15, 0.2) is 0 Å². The molecular weight excluding hydrogens is 154 g/mol. The summed E-state index contributed by atoms with van der Waals surface area (Å²) in [5, 5.41) is 5.89. The van der Waals surface area contributed by atoms with E-state index in [0.717, 1.165) is 6.54 Å².